The highest BCUT2D eigenvalue weighted by molar-refractivity contribution is 5.62. The van der Waals surface area contributed by atoms with Crippen LogP contribution in [-0.4, -0.2) is 19.0 Å². The summed E-state index contributed by atoms with van der Waals surface area (Å²) in [5.41, 5.74) is 1.03. The second-order valence-electron chi connectivity index (χ2n) is 5.70. The first-order valence-corrected chi connectivity index (χ1v) is 8.18. The van der Waals surface area contributed by atoms with Crippen LogP contribution in [-0.2, 0) is 9.53 Å². The zero-order chi connectivity index (χ0) is 14.9. The molecule has 1 aromatic carbocycles. The summed E-state index contributed by atoms with van der Waals surface area (Å²) in [7, 11) is 0. The molecule has 1 aromatic rings. The second-order valence-corrected chi connectivity index (χ2v) is 5.70. The Morgan fingerprint density at radius 3 is 2.62 bits per heavy atom. The molecule has 1 aliphatic rings. The highest BCUT2D eigenvalue weighted by Crippen LogP contribution is 2.38. The fraction of sp³-hybridized carbons (Fsp3) is 0.611. The van der Waals surface area contributed by atoms with Gasteiger partial charge < -0.3 is 14.3 Å². The van der Waals surface area contributed by atoms with Crippen LogP contribution in [0.3, 0.4) is 0 Å². The van der Waals surface area contributed by atoms with Crippen LogP contribution in [0.4, 0.5) is 0 Å². The van der Waals surface area contributed by atoms with Crippen molar-refractivity contribution in [3.63, 3.8) is 0 Å². The van der Waals surface area contributed by atoms with Crippen LogP contribution in [0.15, 0.2) is 24.3 Å². The Morgan fingerprint density at radius 2 is 1.90 bits per heavy atom. The summed E-state index contributed by atoms with van der Waals surface area (Å²) >= 11 is 0. The van der Waals surface area contributed by atoms with Crippen molar-refractivity contribution in [1.82, 2.24) is 0 Å². The summed E-state index contributed by atoms with van der Waals surface area (Å²) < 4.78 is 11.1. The maximum absolute atomic E-state index is 10.6. The molecule has 21 heavy (non-hydrogen) atoms. The Balaban J connectivity index is 1.60. The predicted octanol–water partition coefficient (Wildman–Crippen LogP) is 4.45. The summed E-state index contributed by atoms with van der Waals surface area (Å²) in [5, 5.41) is 0. The van der Waals surface area contributed by atoms with Gasteiger partial charge in [0, 0.05) is 0 Å². The van der Waals surface area contributed by atoms with Gasteiger partial charge in [0.15, 0.2) is 6.29 Å². The average Bonchev–Trinajstić information content (AvgIpc) is 3.30. The maximum Gasteiger partial charge on any atom is 0.151 e. The van der Waals surface area contributed by atoms with Crippen molar-refractivity contribution in [3.05, 3.63) is 29.8 Å². The zero-order valence-corrected chi connectivity index (χ0v) is 12.9. The van der Waals surface area contributed by atoms with Crippen molar-refractivity contribution in [1.29, 1.82) is 0 Å². The molecule has 1 aliphatic heterocycles. The molecule has 0 amide bonds. The molecule has 0 N–H and O–H groups in total. The first-order valence-electron chi connectivity index (χ1n) is 8.18. The van der Waals surface area contributed by atoms with E-state index in [1.54, 1.807) is 0 Å². The van der Waals surface area contributed by atoms with Crippen LogP contribution in [0.1, 0.15) is 63.5 Å². The van der Waals surface area contributed by atoms with Crippen molar-refractivity contribution in [2.24, 2.45) is 0 Å². The Labute approximate surface area is 127 Å². The van der Waals surface area contributed by atoms with E-state index >= 15 is 0 Å². The molecular formula is C18H26O3. The molecule has 0 spiro atoms. The number of carbonyl (C=O) groups is 1. The molecule has 0 aliphatic carbocycles. The van der Waals surface area contributed by atoms with Gasteiger partial charge in [0.1, 0.15) is 18.0 Å². The van der Waals surface area contributed by atoms with E-state index in [2.05, 4.69) is 6.92 Å². The second kappa shape index (κ2) is 8.83. The van der Waals surface area contributed by atoms with Crippen molar-refractivity contribution >= 4 is 6.29 Å². The van der Waals surface area contributed by atoms with E-state index in [4.69, 9.17) is 9.47 Å². The number of ether oxygens (including phenoxy) is 2. The maximum atomic E-state index is 10.6. The van der Waals surface area contributed by atoms with E-state index in [0.29, 0.717) is 0 Å². The molecule has 0 bridgehead atoms. The summed E-state index contributed by atoms with van der Waals surface area (Å²) in [6.07, 6.45) is 9.54. The van der Waals surface area contributed by atoms with Crippen molar-refractivity contribution in [3.8, 4) is 5.75 Å². The molecule has 1 saturated heterocycles. The largest absolute Gasteiger partial charge is 0.494 e. The molecule has 1 fully saturated rings. The van der Waals surface area contributed by atoms with Gasteiger partial charge in [-0.2, -0.15) is 0 Å². The van der Waals surface area contributed by atoms with Crippen LogP contribution in [0.5, 0.6) is 5.75 Å². The lowest BCUT2D eigenvalue weighted by Gasteiger charge is -2.07. The van der Waals surface area contributed by atoms with Crippen LogP contribution < -0.4 is 4.74 Å². The monoisotopic (exact) mass is 290 g/mol. The number of aldehydes is 1. The molecular weight excluding hydrogens is 264 g/mol. The number of carbonyl (C=O) groups excluding carboxylic acids is 1. The Morgan fingerprint density at radius 1 is 1.14 bits per heavy atom. The van der Waals surface area contributed by atoms with E-state index in [1.165, 1.54) is 38.5 Å². The molecule has 116 valence electrons. The minimum atomic E-state index is -0.261. The van der Waals surface area contributed by atoms with Crippen molar-refractivity contribution in [2.45, 2.75) is 64.1 Å². The SMILES string of the molecule is CCCCCCCCCOc1cccc(C2OC2C=O)c1. The lowest BCUT2D eigenvalue weighted by atomic mass is 10.1. The zero-order valence-electron chi connectivity index (χ0n) is 12.9. The average molecular weight is 290 g/mol. The number of benzene rings is 1. The number of epoxide rings is 1. The Kier molecular flexibility index (Phi) is 6.74. The topological polar surface area (TPSA) is 38.8 Å². The minimum Gasteiger partial charge on any atom is -0.494 e. The van der Waals surface area contributed by atoms with Crippen LogP contribution in [0.25, 0.3) is 0 Å². The Bertz CT molecular complexity index is 430. The summed E-state index contributed by atoms with van der Waals surface area (Å²) in [4.78, 5) is 10.6. The van der Waals surface area contributed by atoms with Gasteiger partial charge in [0.2, 0.25) is 0 Å². The van der Waals surface area contributed by atoms with Crippen molar-refractivity contribution in [2.75, 3.05) is 6.61 Å². The highest BCUT2D eigenvalue weighted by atomic mass is 16.6. The fourth-order valence-electron chi connectivity index (χ4n) is 2.53. The number of rotatable bonds is 11. The lowest BCUT2D eigenvalue weighted by molar-refractivity contribution is -0.108. The fourth-order valence-corrected chi connectivity index (χ4v) is 2.53. The van der Waals surface area contributed by atoms with Gasteiger partial charge in [-0.05, 0) is 24.1 Å². The molecule has 2 rings (SSSR count). The van der Waals surface area contributed by atoms with Gasteiger partial charge in [-0.25, -0.2) is 0 Å². The number of unbranched alkanes of at least 4 members (excludes halogenated alkanes) is 6. The van der Waals surface area contributed by atoms with E-state index < -0.39 is 0 Å². The van der Waals surface area contributed by atoms with E-state index in [0.717, 1.165) is 30.6 Å². The smallest absolute Gasteiger partial charge is 0.151 e. The standard InChI is InChI=1S/C18H26O3/c1-2-3-4-5-6-7-8-12-20-16-11-9-10-15(13-16)18-17(14-19)21-18/h9-11,13-14,17-18H,2-8,12H2,1H3. The van der Waals surface area contributed by atoms with E-state index in [9.17, 15) is 4.79 Å². The molecule has 3 heteroatoms. The summed E-state index contributed by atoms with van der Waals surface area (Å²) in [6.45, 7) is 3.01. The van der Waals surface area contributed by atoms with E-state index in [-0.39, 0.29) is 12.2 Å². The van der Waals surface area contributed by atoms with Crippen LogP contribution in [0.2, 0.25) is 0 Å². The van der Waals surface area contributed by atoms with Gasteiger partial charge >= 0.3 is 0 Å². The van der Waals surface area contributed by atoms with Gasteiger partial charge in [-0.1, -0.05) is 57.6 Å². The van der Waals surface area contributed by atoms with Gasteiger partial charge in [0.25, 0.3) is 0 Å². The molecule has 2 atom stereocenters. The Hall–Kier alpha value is -1.35. The molecule has 2 unspecified atom stereocenters. The molecule has 0 aromatic heterocycles. The lowest BCUT2D eigenvalue weighted by Crippen LogP contribution is -1.98. The third-order valence-electron chi connectivity index (χ3n) is 3.86. The van der Waals surface area contributed by atoms with Gasteiger partial charge in [-0.15, -0.1) is 0 Å². The summed E-state index contributed by atoms with van der Waals surface area (Å²) in [5.74, 6) is 0.874. The third-order valence-corrected chi connectivity index (χ3v) is 3.86. The van der Waals surface area contributed by atoms with Crippen LogP contribution in [0, 0.1) is 0 Å². The normalized spacial score (nSPS) is 20.2. The number of hydrogen-bond acceptors (Lipinski definition) is 3. The van der Waals surface area contributed by atoms with Gasteiger partial charge in [-0.3, -0.25) is 0 Å². The van der Waals surface area contributed by atoms with E-state index in [1.807, 2.05) is 24.3 Å². The summed E-state index contributed by atoms with van der Waals surface area (Å²) in [6, 6.07) is 7.88. The molecule has 1 heterocycles. The molecule has 0 saturated carbocycles. The predicted molar refractivity (Wildman–Crippen MR) is 83.6 cm³/mol. The first kappa shape index (κ1) is 16.0. The van der Waals surface area contributed by atoms with Crippen molar-refractivity contribution < 1.29 is 14.3 Å². The quantitative estimate of drug-likeness (QED) is 0.343. The minimum absolute atomic E-state index is 0.0652. The molecule has 0 radical (unpaired) electrons. The number of hydrogen-bond donors (Lipinski definition) is 0. The van der Waals surface area contributed by atoms with Gasteiger partial charge in [0.05, 0.1) is 6.61 Å². The first-order chi connectivity index (χ1) is 10.3. The third kappa shape index (κ3) is 5.50. The van der Waals surface area contributed by atoms with Crippen LogP contribution >= 0.6 is 0 Å². The highest BCUT2D eigenvalue weighted by Gasteiger charge is 2.39. The molecule has 3 nitrogen and oxygen atoms in total.